The largest absolute Gasteiger partial charge is 0.255 e. The van der Waals surface area contributed by atoms with Crippen molar-refractivity contribution in [1.82, 2.24) is 29.9 Å². The molecule has 6 nitrogen and oxygen atoms in total. The van der Waals surface area contributed by atoms with Crippen LogP contribution in [0.2, 0.25) is 0 Å². The standard InChI is InChI=1S/C48H32N6/c1-4-15-33(16-5-1)39-30-44(42-25-12-13-28-49-42)51-45(31-39)43-27-26-38(32-50-43)41-24-11-10-23-40(41)36-21-14-22-37(29-36)48-53-46(34-17-6-2-7-18-34)52-47(54-48)35-19-8-3-9-20-35/h1-32H. The Labute approximate surface area is 313 Å². The van der Waals surface area contributed by atoms with E-state index >= 15 is 0 Å². The summed E-state index contributed by atoms with van der Waals surface area (Å²) >= 11 is 0. The van der Waals surface area contributed by atoms with Crippen molar-refractivity contribution in [2.75, 3.05) is 0 Å². The van der Waals surface area contributed by atoms with Crippen molar-refractivity contribution in [3.8, 4) is 90.3 Å². The monoisotopic (exact) mass is 692 g/mol. The highest BCUT2D eigenvalue weighted by Gasteiger charge is 2.15. The summed E-state index contributed by atoms with van der Waals surface area (Å²) in [4.78, 5) is 29.3. The van der Waals surface area contributed by atoms with Crippen molar-refractivity contribution in [2.24, 2.45) is 0 Å². The van der Waals surface area contributed by atoms with Crippen LogP contribution in [0.4, 0.5) is 0 Å². The van der Waals surface area contributed by atoms with E-state index in [1.54, 1.807) is 6.20 Å². The Morgan fingerprint density at radius 3 is 1.33 bits per heavy atom. The minimum Gasteiger partial charge on any atom is -0.255 e. The van der Waals surface area contributed by atoms with Gasteiger partial charge in [-0.25, -0.2) is 19.9 Å². The lowest BCUT2D eigenvalue weighted by atomic mass is 9.94. The maximum Gasteiger partial charge on any atom is 0.164 e. The van der Waals surface area contributed by atoms with Gasteiger partial charge in [0.15, 0.2) is 17.5 Å². The zero-order chi connectivity index (χ0) is 36.1. The van der Waals surface area contributed by atoms with E-state index in [9.17, 15) is 0 Å². The molecule has 0 aliphatic heterocycles. The minimum absolute atomic E-state index is 0.614. The molecule has 254 valence electrons. The molecule has 0 aliphatic carbocycles. The van der Waals surface area contributed by atoms with Gasteiger partial charge in [-0.2, -0.15) is 0 Å². The first-order chi connectivity index (χ1) is 26.7. The molecule has 4 heterocycles. The highest BCUT2D eigenvalue weighted by molar-refractivity contribution is 5.85. The Hall–Kier alpha value is -7.44. The number of aromatic nitrogens is 6. The summed E-state index contributed by atoms with van der Waals surface area (Å²) in [5.41, 5.74) is 12.3. The zero-order valence-electron chi connectivity index (χ0n) is 29.2. The summed E-state index contributed by atoms with van der Waals surface area (Å²) < 4.78 is 0. The Morgan fingerprint density at radius 2 is 0.759 bits per heavy atom. The minimum atomic E-state index is 0.614. The zero-order valence-corrected chi connectivity index (χ0v) is 29.2. The van der Waals surface area contributed by atoms with Gasteiger partial charge in [0.2, 0.25) is 0 Å². The second kappa shape index (κ2) is 14.7. The van der Waals surface area contributed by atoms with Gasteiger partial charge in [0.1, 0.15) is 0 Å². The Kier molecular flexibility index (Phi) is 8.81. The molecular weight excluding hydrogens is 661 g/mol. The van der Waals surface area contributed by atoms with Crippen molar-refractivity contribution in [3.63, 3.8) is 0 Å². The molecule has 4 aromatic heterocycles. The van der Waals surface area contributed by atoms with Crippen molar-refractivity contribution in [3.05, 3.63) is 194 Å². The molecule has 6 heteroatoms. The molecule has 9 aromatic rings. The van der Waals surface area contributed by atoms with Crippen LogP contribution in [-0.4, -0.2) is 29.9 Å². The van der Waals surface area contributed by atoms with E-state index in [0.717, 1.165) is 72.8 Å². The maximum atomic E-state index is 5.02. The Bertz CT molecular complexity index is 2570. The Balaban J connectivity index is 1.08. The smallest absolute Gasteiger partial charge is 0.164 e. The summed E-state index contributed by atoms with van der Waals surface area (Å²) in [5.74, 6) is 1.88. The van der Waals surface area contributed by atoms with Crippen LogP contribution >= 0.6 is 0 Å². The first kappa shape index (κ1) is 32.5. The number of nitrogens with zero attached hydrogens (tertiary/aromatic N) is 6. The fourth-order valence-corrected chi connectivity index (χ4v) is 6.56. The molecule has 0 bridgehead atoms. The van der Waals surface area contributed by atoms with Gasteiger partial charge in [0.25, 0.3) is 0 Å². The van der Waals surface area contributed by atoms with Crippen molar-refractivity contribution < 1.29 is 0 Å². The summed E-state index contributed by atoms with van der Waals surface area (Å²) in [7, 11) is 0. The van der Waals surface area contributed by atoms with Gasteiger partial charge >= 0.3 is 0 Å². The first-order valence-corrected chi connectivity index (χ1v) is 17.8. The molecule has 9 rings (SSSR count). The highest BCUT2D eigenvalue weighted by Crippen LogP contribution is 2.35. The molecule has 0 saturated carbocycles. The van der Waals surface area contributed by atoms with Crippen molar-refractivity contribution >= 4 is 0 Å². The van der Waals surface area contributed by atoms with Gasteiger partial charge in [-0.05, 0) is 64.2 Å². The molecular formula is C48H32N6. The molecule has 0 N–H and O–H groups in total. The van der Waals surface area contributed by atoms with Gasteiger partial charge in [0, 0.05) is 34.6 Å². The lowest BCUT2D eigenvalue weighted by Crippen LogP contribution is -2.00. The van der Waals surface area contributed by atoms with Crippen LogP contribution < -0.4 is 0 Å². The van der Waals surface area contributed by atoms with Gasteiger partial charge < -0.3 is 0 Å². The molecule has 0 unspecified atom stereocenters. The van der Waals surface area contributed by atoms with Crippen LogP contribution in [0.3, 0.4) is 0 Å². The van der Waals surface area contributed by atoms with E-state index in [0.29, 0.717) is 17.5 Å². The molecule has 0 amide bonds. The first-order valence-electron chi connectivity index (χ1n) is 17.8. The second-order valence-corrected chi connectivity index (χ2v) is 12.8. The third-order valence-corrected chi connectivity index (χ3v) is 9.25. The molecule has 0 atom stereocenters. The number of pyridine rings is 3. The predicted octanol–water partition coefficient (Wildman–Crippen LogP) is 11.4. The lowest BCUT2D eigenvalue weighted by molar-refractivity contribution is 1.07. The molecule has 0 aliphatic rings. The van der Waals surface area contributed by atoms with Crippen LogP contribution in [-0.2, 0) is 0 Å². The van der Waals surface area contributed by atoms with E-state index in [-0.39, 0.29) is 0 Å². The second-order valence-electron chi connectivity index (χ2n) is 12.8. The third-order valence-electron chi connectivity index (χ3n) is 9.25. The quantitative estimate of drug-likeness (QED) is 0.158. The van der Waals surface area contributed by atoms with Crippen molar-refractivity contribution in [2.45, 2.75) is 0 Å². The number of rotatable bonds is 8. The Morgan fingerprint density at radius 1 is 0.259 bits per heavy atom. The molecule has 0 radical (unpaired) electrons. The fourth-order valence-electron chi connectivity index (χ4n) is 6.56. The van der Waals surface area contributed by atoms with E-state index in [1.165, 1.54) is 0 Å². The summed E-state index contributed by atoms with van der Waals surface area (Å²) in [6.07, 6.45) is 3.72. The average molecular weight is 693 g/mol. The van der Waals surface area contributed by atoms with Crippen LogP contribution in [0.1, 0.15) is 0 Å². The van der Waals surface area contributed by atoms with Crippen LogP contribution in [0.15, 0.2) is 194 Å². The number of hydrogen-bond donors (Lipinski definition) is 0. The number of hydrogen-bond acceptors (Lipinski definition) is 6. The molecule has 54 heavy (non-hydrogen) atoms. The third kappa shape index (κ3) is 6.79. The molecule has 0 saturated heterocycles. The van der Waals surface area contributed by atoms with Gasteiger partial charge in [0.05, 0.1) is 22.8 Å². The normalized spacial score (nSPS) is 11.0. The van der Waals surface area contributed by atoms with Gasteiger partial charge in [-0.15, -0.1) is 0 Å². The van der Waals surface area contributed by atoms with Crippen LogP contribution in [0.25, 0.3) is 90.3 Å². The van der Waals surface area contributed by atoms with E-state index in [2.05, 4.69) is 83.8 Å². The van der Waals surface area contributed by atoms with Crippen LogP contribution in [0, 0.1) is 0 Å². The van der Waals surface area contributed by atoms with Gasteiger partial charge in [-0.3, -0.25) is 9.97 Å². The maximum absolute atomic E-state index is 5.02. The van der Waals surface area contributed by atoms with E-state index in [4.69, 9.17) is 24.9 Å². The van der Waals surface area contributed by atoms with Crippen LogP contribution in [0.5, 0.6) is 0 Å². The fraction of sp³-hybridized carbons (Fsp3) is 0. The predicted molar refractivity (Wildman–Crippen MR) is 217 cm³/mol. The highest BCUT2D eigenvalue weighted by atomic mass is 15.0. The van der Waals surface area contributed by atoms with E-state index in [1.807, 2.05) is 109 Å². The summed E-state index contributed by atoms with van der Waals surface area (Å²) in [6, 6.07) is 61.4. The van der Waals surface area contributed by atoms with E-state index < -0.39 is 0 Å². The molecule has 0 fully saturated rings. The molecule has 0 spiro atoms. The average Bonchev–Trinajstić information content (AvgIpc) is 3.27. The SMILES string of the molecule is c1ccc(-c2cc(-c3ccccn3)nc(-c3ccc(-c4ccccc4-c4cccc(-c5nc(-c6ccccc6)nc(-c6ccccc6)n5)c4)cn3)c2)cc1. The lowest BCUT2D eigenvalue weighted by Gasteiger charge is -2.13. The number of benzene rings is 5. The summed E-state index contributed by atoms with van der Waals surface area (Å²) in [5, 5.41) is 0. The van der Waals surface area contributed by atoms with Crippen molar-refractivity contribution in [1.29, 1.82) is 0 Å². The molecule has 5 aromatic carbocycles. The summed E-state index contributed by atoms with van der Waals surface area (Å²) in [6.45, 7) is 0. The topological polar surface area (TPSA) is 77.3 Å². The van der Waals surface area contributed by atoms with Gasteiger partial charge in [-0.1, -0.05) is 146 Å².